The van der Waals surface area contributed by atoms with Gasteiger partial charge in [0.15, 0.2) is 5.54 Å². The summed E-state index contributed by atoms with van der Waals surface area (Å²) in [5.74, 6) is -4.63. The summed E-state index contributed by atoms with van der Waals surface area (Å²) in [6.07, 6.45) is 3.33. The minimum Gasteiger partial charge on any atom is -0.351 e. The number of nitrogens with one attached hydrogen (secondary N) is 1. The van der Waals surface area contributed by atoms with Crippen molar-refractivity contribution in [2.45, 2.75) is 60.6 Å². The Morgan fingerprint density at radius 2 is 1.78 bits per heavy atom. The number of amides is 2. The number of carbonyl (C=O) groups is 2. The molecule has 172 valence electrons. The molecule has 6 nitrogen and oxygen atoms in total. The SMILES string of the molecule is C[C@@](C(=O)NC1CCC(F)(F)CC1)(c1cncnc1)N(C(=O)[C@H](F)Cl)c1ccc(S)cc1. The maximum atomic E-state index is 14.1. The van der Waals surface area contributed by atoms with Gasteiger partial charge in [-0.2, -0.15) is 0 Å². The van der Waals surface area contributed by atoms with Gasteiger partial charge in [-0.05, 0) is 44.0 Å². The topological polar surface area (TPSA) is 75.2 Å². The number of thiol groups is 1. The Hall–Kier alpha value is -2.33. The third-order valence-electron chi connectivity index (χ3n) is 5.58. The molecule has 1 saturated carbocycles. The van der Waals surface area contributed by atoms with Gasteiger partial charge in [0.25, 0.3) is 17.4 Å². The summed E-state index contributed by atoms with van der Waals surface area (Å²) in [6, 6.07) is 5.61. The molecule has 11 heteroatoms. The second-order valence-corrected chi connectivity index (χ2v) is 8.69. The first-order chi connectivity index (χ1) is 15.0. The molecule has 1 aliphatic carbocycles. The summed E-state index contributed by atoms with van der Waals surface area (Å²) in [7, 11) is 0. The van der Waals surface area contributed by atoms with Gasteiger partial charge in [-0.1, -0.05) is 11.6 Å². The summed E-state index contributed by atoms with van der Waals surface area (Å²) in [4.78, 5) is 35.9. The quantitative estimate of drug-likeness (QED) is 0.473. The third kappa shape index (κ3) is 5.17. The van der Waals surface area contributed by atoms with E-state index in [2.05, 4.69) is 27.9 Å². The van der Waals surface area contributed by atoms with E-state index in [9.17, 15) is 22.8 Å². The highest BCUT2D eigenvalue weighted by atomic mass is 35.5. The molecular weight excluding hydrogens is 465 g/mol. The fraction of sp³-hybridized carbons (Fsp3) is 0.429. The van der Waals surface area contributed by atoms with Crippen LogP contribution in [0.3, 0.4) is 0 Å². The molecule has 0 saturated heterocycles. The molecule has 0 radical (unpaired) electrons. The van der Waals surface area contributed by atoms with E-state index in [1.54, 1.807) is 12.1 Å². The van der Waals surface area contributed by atoms with Crippen molar-refractivity contribution in [2.75, 3.05) is 4.90 Å². The van der Waals surface area contributed by atoms with Crippen LogP contribution in [0.25, 0.3) is 0 Å². The first-order valence-electron chi connectivity index (χ1n) is 9.90. The monoisotopic (exact) mass is 486 g/mol. The number of hydrogen-bond donors (Lipinski definition) is 2. The number of aromatic nitrogens is 2. The van der Waals surface area contributed by atoms with Crippen LogP contribution in [0.1, 0.15) is 38.2 Å². The maximum absolute atomic E-state index is 14.1. The Balaban J connectivity index is 2.05. The second kappa shape index (κ2) is 9.66. The number of anilines is 1. The zero-order valence-corrected chi connectivity index (χ0v) is 18.8. The first-order valence-corrected chi connectivity index (χ1v) is 10.8. The van der Waals surface area contributed by atoms with Gasteiger partial charge in [-0.15, -0.1) is 12.6 Å². The molecule has 2 aromatic rings. The number of benzene rings is 1. The van der Waals surface area contributed by atoms with Crippen molar-refractivity contribution in [3.8, 4) is 0 Å². The lowest BCUT2D eigenvalue weighted by Crippen LogP contribution is -2.60. The van der Waals surface area contributed by atoms with Gasteiger partial charge in [0.2, 0.25) is 5.92 Å². The largest absolute Gasteiger partial charge is 0.351 e. The molecule has 2 amide bonds. The summed E-state index contributed by atoms with van der Waals surface area (Å²) in [6.45, 7) is 1.41. The van der Waals surface area contributed by atoms with Crippen LogP contribution in [-0.4, -0.2) is 39.4 Å². The standard InChI is InChI=1S/C21H22ClF3N4O2S/c1-20(13-10-26-12-27-11-13,19(31)28-14-6-8-21(24,25)9-7-14)29(18(30)17(22)23)15-2-4-16(32)5-3-15/h2-5,10-12,14,17,32H,6-9H2,1H3,(H,28,31)/t17-,20-/m0/s1. The fourth-order valence-corrected chi connectivity index (χ4v) is 3.97. The van der Waals surface area contributed by atoms with Gasteiger partial charge in [-0.3, -0.25) is 14.5 Å². The highest BCUT2D eigenvalue weighted by Crippen LogP contribution is 2.37. The predicted octanol–water partition coefficient (Wildman–Crippen LogP) is 4.24. The molecule has 1 aromatic carbocycles. The van der Waals surface area contributed by atoms with Gasteiger partial charge in [0, 0.05) is 47.4 Å². The minimum atomic E-state index is -2.77. The minimum absolute atomic E-state index is 0.0731. The van der Waals surface area contributed by atoms with E-state index in [4.69, 9.17) is 11.6 Å². The molecule has 0 unspecified atom stereocenters. The van der Waals surface area contributed by atoms with Crippen LogP contribution < -0.4 is 10.2 Å². The number of alkyl halides is 4. The molecule has 0 aliphatic heterocycles. The van der Waals surface area contributed by atoms with E-state index in [0.29, 0.717) is 4.90 Å². The van der Waals surface area contributed by atoms with Crippen LogP contribution in [0.5, 0.6) is 0 Å². The Morgan fingerprint density at radius 1 is 1.22 bits per heavy atom. The lowest BCUT2D eigenvalue weighted by molar-refractivity contribution is -0.132. The fourth-order valence-electron chi connectivity index (χ4n) is 3.73. The molecule has 2 atom stereocenters. The Kier molecular flexibility index (Phi) is 7.34. The smallest absolute Gasteiger partial charge is 0.278 e. The number of halogens is 4. The number of carbonyl (C=O) groups excluding carboxylic acids is 2. The molecule has 1 aliphatic rings. The second-order valence-electron chi connectivity index (χ2n) is 7.79. The zero-order chi connectivity index (χ0) is 23.5. The van der Waals surface area contributed by atoms with E-state index in [1.165, 1.54) is 37.8 Å². The van der Waals surface area contributed by atoms with Crippen molar-refractivity contribution in [1.82, 2.24) is 15.3 Å². The van der Waals surface area contributed by atoms with Crippen molar-refractivity contribution in [1.29, 1.82) is 0 Å². The van der Waals surface area contributed by atoms with Crippen LogP contribution in [0.4, 0.5) is 18.9 Å². The van der Waals surface area contributed by atoms with E-state index < -0.39 is 34.9 Å². The van der Waals surface area contributed by atoms with E-state index in [0.717, 1.165) is 4.90 Å². The number of rotatable bonds is 6. The van der Waals surface area contributed by atoms with Crippen LogP contribution in [0.15, 0.2) is 47.9 Å². The highest BCUT2D eigenvalue weighted by molar-refractivity contribution is 7.80. The van der Waals surface area contributed by atoms with Crippen molar-refractivity contribution in [2.24, 2.45) is 0 Å². The van der Waals surface area contributed by atoms with E-state index in [-0.39, 0.29) is 36.9 Å². The Morgan fingerprint density at radius 3 is 2.31 bits per heavy atom. The molecule has 3 rings (SSSR count). The molecule has 1 N–H and O–H groups in total. The molecular formula is C21H22ClF3N4O2S. The van der Waals surface area contributed by atoms with E-state index >= 15 is 0 Å². The third-order valence-corrected chi connectivity index (χ3v) is 6.06. The van der Waals surface area contributed by atoms with Gasteiger partial charge >= 0.3 is 0 Å². The molecule has 0 bridgehead atoms. The zero-order valence-electron chi connectivity index (χ0n) is 17.1. The van der Waals surface area contributed by atoms with E-state index in [1.807, 2.05) is 0 Å². The van der Waals surface area contributed by atoms with Crippen LogP contribution in [0.2, 0.25) is 0 Å². The highest BCUT2D eigenvalue weighted by Gasteiger charge is 2.48. The van der Waals surface area contributed by atoms with Crippen molar-refractivity contribution >= 4 is 41.7 Å². The van der Waals surface area contributed by atoms with Gasteiger partial charge in [-0.25, -0.2) is 23.1 Å². The van der Waals surface area contributed by atoms with Crippen molar-refractivity contribution in [3.05, 3.63) is 48.5 Å². The van der Waals surface area contributed by atoms with Gasteiger partial charge < -0.3 is 5.32 Å². The van der Waals surface area contributed by atoms with Crippen LogP contribution in [-0.2, 0) is 15.1 Å². The Labute approximate surface area is 194 Å². The van der Waals surface area contributed by atoms with Gasteiger partial charge in [0.1, 0.15) is 6.33 Å². The average Bonchev–Trinajstić information content (AvgIpc) is 2.77. The lowest BCUT2D eigenvalue weighted by atomic mass is 9.87. The number of hydrogen-bond acceptors (Lipinski definition) is 5. The normalized spacial score (nSPS) is 18.9. The van der Waals surface area contributed by atoms with Crippen LogP contribution in [0, 0.1) is 0 Å². The van der Waals surface area contributed by atoms with Crippen molar-refractivity contribution < 1.29 is 22.8 Å². The maximum Gasteiger partial charge on any atom is 0.278 e. The first kappa shape index (κ1) is 24.3. The van der Waals surface area contributed by atoms with Gasteiger partial charge in [0.05, 0.1) is 0 Å². The lowest BCUT2D eigenvalue weighted by Gasteiger charge is -2.41. The molecule has 1 heterocycles. The van der Waals surface area contributed by atoms with Crippen LogP contribution >= 0.6 is 24.2 Å². The Bertz CT molecular complexity index is 955. The van der Waals surface area contributed by atoms with Crippen molar-refractivity contribution in [3.63, 3.8) is 0 Å². The summed E-state index contributed by atoms with van der Waals surface area (Å²) in [5.41, 5.74) is -3.88. The molecule has 1 fully saturated rings. The summed E-state index contributed by atoms with van der Waals surface area (Å²) in [5, 5.41) is 2.75. The summed E-state index contributed by atoms with van der Waals surface area (Å²) >= 11 is 9.72. The molecule has 32 heavy (non-hydrogen) atoms. The molecule has 0 spiro atoms. The molecule has 1 aromatic heterocycles. The number of nitrogens with zero attached hydrogens (tertiary/aromatic N) is 3. The average molecular weight is 487 g/mol. The predicted molar refractivity (Wildman–Crippen MR) is 117 cm³/mol. The summed E-state index contributed by atoms with van der Waals surface area (Å²) < 4.78 is 41.2.